The molecule has 0 bridgehead atoms. The van der Waals surface area contributed by atoms with Gasteiger partial charge in [-0.05, 0) is 12.1 Å². The smallest absolute Gasteiger partial charge is 0.223 e. The highest BCUT2D eigenvalue weighted by Crippen LogP contribution is 2.20. The summed E-state index contributed by atoms with van der Waals surface area (Å²) in [6, 6.07) is 6.89. The Kier molecular flexibility index (Phi) is 4.21. The third-order valence-corrected chi connectivity index (χ3v) is 2.00. The monoisotopic (exact) mass is 233 g/mol. The van der Waals surface area contributed by atoms with E-state index in [1.54, 1.807) is 31.2 Å². The van der Waals surface area contributed by atoms with Gasteiger partial charge in [-0.1, -0.05) is 19.1 Å². The molecule has 1 aromatic carbocycles. The van der Waals surface area contributed by atoms with E-state index in [9.17, 15) is 4.79 Å². The zero-order valence-corrected chi connectivity index (χ0v) is 9.55. The van der Waals surface area contributed by atoms with Crippen LogP contribution in [0.2, 0.25) is 0 Å². The van der Waals surface area contributed by atoms with Gasteiger partial charge in [-0.2, -0.15) is 4.99 Å². The van der Waals surface area contributed by atoms with Gasteiger partial charge in [0.05, 0.1) is 5.69 Å². The number of ketones is 1. The van der Waals surface area contributed by atoms with Crippen LogP contribution in [0, 0.1) is 0 Å². The second-order valence-corrected chi connectivity index (χ2v) is 3.30. The lowest BCUT2D eigenvalue weighted by Crippen LogP contribution is -2.26. The molecule has 0 fully saturated rings. The van der Waals surface area contributed by atoms with Crippen LogP contribution in [-0.4, -0.2) is 17.7 Å². The molecule has 90 valence electrons. The Labute approximate surface area is 99.2 Å². The molecule has 6 nitrogen and oxygen atoms in total. The zero-order valence-electron chi connectivity index (χ0n) is 9.55. The normalized spacial score (nSPS) is 11.0. The van der Waals surface area contributed by atoms with Crippen molar-refractivity contribution < 1.29 is 4.79 Å². The molecule has 17 heavy (non-hydrogen) atoms. The van der Waals surface area contributed by atoms with Crippen LogP contribution in [0.15, 0.2) is 34.3 Å². The summed E-state index contributed by atoms with van der Waals surface area (Å²) in [6.07, 6.45) is 0.398. The van der Waals surface area contributed by atoms with Crippen LogP contribution in [0.1, 0.15) is 23.7 Å². The number of Topliss-reactive ketones (excluding diaryl/α,β-unsaturated/α-hetero) is 1. The molecule has 0 saturated heterocycles. The molecule has 0 aromatic heterocycles. The molecule has 6 heteroatoms. The minimum absolute atomic E-state index is 0.0122. The van der Waals surface area contributed by atoms with Gasteiger partial charge in [-0.3, -0.25) is 4.79 Å². The summed E-state index contributed by atoms with van der Waals surface area (Å²) < 4.78 is 0. The summed E-state index contributed by atoms with van der Waals surface area (Å²) >= 11 is 0. The van der Waals surface area contributed by atoms with Crippen LogP contribution in [0.4, 0.5) is 5.69 Å². The zero-order chi connectivity index (χ0) is 12.8. The number of guanidine groups is 2. The SMILES string of the molecule is CCC(=O)c1ccccc1N=C(N)N=C(N)N. The molecule has 1 rings (SSSR count). The number of benzene rings is 1. The van der Waals surface area contributed by atoms with Crippen molar-refractivity contribution in [3.8, 4) is 0 Å². The highest BCUT2D eigenvalue weighted by Gasteiger charge is 2.08. The lowest BCUT2D eigenvalue weighted by Gasteiger charge is -2.03. The molecule has 0 heterocycles. The Morgan fingerprint density at radius 1 is 1.24 bits per heavy atom. The predicted octanol–water partition coefficient (Wildman–Crippen LogP) is 0.499. The predicted molar refractivity (Wildman–Crippen MR) is 68.2 cm³/mol. The minimum atomic E-state index is -0.175. The van der Waals surface area contributed by atoms with Crippen molar-refractivity contribution in [3.63, 3.8) is 0 Å². The van der Waals surface area contributed by atoms with E-state index in [0.717, 1.165) is 0 Å². The van der Waals surface area contributed by atoms with E-state index in [-0.39, 0.29) is 17.7 Å². The van der Waals surface area contributed by atoms with Crippen molar-refractivity contribution in [2.45, 2.75) is 13.3 Å². The minimum Gasteiger partial charge on any atom is -0.370 e. The maximum atomic E-state index is 11.6. The van der Waals surface area contributed by atoms with Gasteiger partial charge in [0.1, 0.15) is 0 Å². The summed E-state index contributed by atoms with van der Waals surface area (Å²) in [5.74, 6) is -0.270. The third-order valence-electron chi connectivity index (χ3n) is 2.00. The Balaban J connectivity index is 3.15. The lowest BCUT2D eigenvalue weighted by atomic mass is 10.1. The Morgan fingerprint density at radius 3 is 2.47 bits per heavy atom. The molecule has 0 spiro atoms. The first-order chi connectivity index (χ1) is 8.04. The average molecular weight is 233 g/mol. The summed E-state index contributed by atoms with van der Waals surface area (Å²) in [6.45, 7) is 1.78. The first-order valence-electron chi connectivity index (χ1n) is 5.10. The van der Waals surface area contributed by atoms with Crippen molar-refractivity contribution in [2.75, 3.05) is 0 Å². The van der Waals surface area contributed by atoms with Gasteiger partial charge < -0.3 is 17.2 Å². The van der Waals surface area contributed by atoms with Gasteiger partial charge in [0.15, 0.2) is 11.7 Å². The Morgan fingerprint density at radius 2 is 1.88 bits per heavy atom. The van der Waals surface area contributed by atoms with Crippen LogP contribution >= 0.6 is 0 Å². The number of rotatable bonds is 3. The third kappa shape index (κ3) is 3.60. The molecular formula is C11H15N5O. The van der Waals surface area contributed by atoms with Gasteiger partial charge in [0, 0.05) is 12.0 Å². The van der Waals surface area contributed by atoms with E-state index in [0.29, 0.717) is 17.7 Å². The van der Waals surface area contributed by atoms with Gasteiger partial charge in [-0.15, -0.1) is 0 Å². The number of hydrogen-bond donors (Lipinski definition) is 3. The lowest BCUT2D eigenvalue weighted by molar-refractivity contribution is 0.0989. The molecule has 0 radical (unpaired) electrons. The number of aliphatic imine (C=N–C) groups is 2. The van der Waals surface area contributed by atoms with E-state index in [1.807, 2.05) is 0 Å². The molecule has 6 N–H and O–H groups in total. The molecule has 0 unspecified atom stereocenters. The summed E-state index contributed by atoms with van der Waals surface area (Å²) in [4.78, 5) is 19.2. The molecular weight excluding hydrogens is 218 g/mol. The van der Waals surface area contributed by atoms with Crippen molar-refractivity contribution in [2.24, 2.45) is 27.2 Å². The van der Waals surface area contributed by atoms with Gasteiger partial charge in [-0.25, -0.2) is 4.99 Å². The maximum Gasteiger partial charge on any atom is 0.223 e. The van der Waals surface area contributed by atoms with E-state index in [2.05, 4.69) is 9.98 Å². The molecule has 1 aromatic rings. The summed E-state index contributed by atoms with van der Waals surface area (Å²) in [5, 5.41) is 0. The average Bonchev–Trinajstić information content (AvgIpc) is 2.27. The highest BCUT2D eigenvalue weighted by atomic mass is 16.1. The van der Waals surface area contributed by atoms with E-state index < -0.39 is 0 Å². The van der Waals surface area contributed by atoms with Crippen molar-refractivity contribution in [3.05, 3.63) is 29.8 Å². The Hall–Kier alpha value is -2.37. The van der Waals surface area contributed by atoms with E-state index >= 15 is 0 Å². The topological polar surface area (TPSA) is 120 Å². The van der Waals surface area contributed by atoms with Crippen LogP contribution in [0.25, 0.3) is 0 Å². The van der Waals surface area contributed by atoms with E-state index in [4.69, 9.17) is 17.2 Å². The molecule has 0 aliphatic rings. The molecule has 0 saturated carbocycles. The van der Waals surface area contributed by atoms with Crippen LogP contribution in [0.5, 0.6) is 0 Å². The largest absolute Gasteiger partial charge is 0.370 e. The van der Waals surface area contributed by atoms with Crippen LogP contribution in [-0.2, 0) is 0 Å². The molecule has 0 aliphatic carbocycles. The van der Waals surface area contributed by atoms with Crippen molar-refractivity contribution in [1.29, 1.82) is 0 Å². The van der Waals surface area contributed by atoms with Crippen LogP contribution < -0.4 is 17.2 Å². The molecule has 0 atom stereocenters. The number of carbonyl (C=O) groups is 1. The quantitative estimate of drug-likeness (QED) is 0.400. The fraction of sp³-hybridized carbons (Fsp3) is 0.182. The summed E-state index contributed by atoms with van der Waals surface area (Å²) in [5.41, 5.74) is 16.8. The highest BCUT2D eigenvalue weighted by molar-refractivity contribution is 6.02. The second-order valence-electron chi connectivity index (χ2n) is 3.30. The number of carbonyl (C=O) groups excluding carboxylic acids is 1. The van der Waals surface area contributed by atoms with E-state index in [1.165, 1.54) is 0 Å². The van der Waals surface area contributed by atoms with Crippen molar-refractivity contribution in [1.82, 2.24) is 0 Å². The Bertz CT molecular complexity index is 475. The maximum absolute atomic E-state index is 11.6. The molecule has 0 aliphatic heterocycles. The number of hydrogen-bond acceptors (Lipinski definition) is 2. The standard InChI is InChI=1S/C11H15N5O/c1-2-9(17)7-5-3-4-6-8(7)15-11(14)16-10(12)13/h3-6H,2H2,1H3,(H6,12,13,14,15,16). The van der Waals surface area contributed by atoms with Crippen LogP contribution in [0.3, 0.4) is 0 Å². The number of nitrogens with zero attached hydrogens (tertiary/aromatic N) is 2. The van der Waals surface area contributed by atoms with Crippen molar-refractivity contribution >= 4 is 23.4 Å². The molecule has 0 amide bonds. The fourth-order valence-electron chi connectivity index (χ4n) is 1.28. The second kappa shape index (κ2) is 5.64. The number of para-hydroxylation sites is 1. The first-order valence-corrected chi connectivity index (χ1v) is 5.10. The van der Waals surface area contributed by atoms with Gasteiger partial charge in [0.25, 0.3) is 0 Å². The number of nitrogens with two attached hydrogens (primary N) is 3. The van der Waals surface area contributed by atoms with Gasteiger partial charge in [0.2, 0.25) is 5.96 Å². The van der Waals surface area contributed by atoms with Gasteiger partial charge >= 0.3 is 0 Å². The first kappa shape index (κ1) is 12.7. The fourth-order valence-corrected chi connectivity index (χ4v) is 1.28. The summed E-state index contributed by atoms with van der Waals surface area (Å²) in [7, 11) is 0.